The predicted octanol–water partition coefficient (Wildman–Crippen LogP) is 4.43. The van der Waals surface area contributed by atoms with Gasteiger partial charge in [-0.3, -0.25) is 10.1 Å². The monoisotopic (exact) mass is 398 g/mol. The molecule has 0 radical (unpaired) electrons. The van der Waals surface area contributed by atoms with Crippen LogP contribution in [0.3, 0.4) is 0 Å². The highest BCUT2D eigenvalue weighted by atomic mass is 79.9. The van der Waals surface area contributed by atoms with Crippen LogP contribution in [0, 0.1) is 0 Å². The summed E-state index contributed by atoms with van der Waals surface area (Å²) in [5.41, 5.74) is 0.608. The summed E-state index contributed by atoms with van der Waals surface area (Å²) in [6.45, 7) is 1.65. The summed E-state index contributed by atoms with van der Waals surface area (Å²) in [5, 5.41) is 7.02. The Morgan fingerprint density at radius 2 is 2.14 bits per heavy atom. The zero-order valence-corrected chi connectivity index (χ0v) is 15.0. The van der Waals surface area contributed by atoms with Crippen LogP contribution in [0.25, 0.3) is 0 Å². The van der Waals surface area contributed by atoms with Gasteiger partial charge in [-0.05, 0) is 40.9 Å². The quantitative estimate of drug-likeness (QED) is 0.827. The smallest absolute Gasteiger partial charge is 0.258 e. The Morgan fingerprint density at radius 1 is 1.36 bits per heavy atom. The molecular formula is C15H15BrN2O2S2. The fourth-order valence-corrected chi connectivity index (χ4v) is 4.52. The highest BCUT2D eigenvalue weighted by Crippen LogP contribution is 2.32. The van der Waals surface area contributed by atoms with E-state index in [4.69, 9.17) is 4.74 Å². The Bertz CT molecular complexity index is 656. The van der Waals surface area contributed by atoms with E-state index < -0.39 is 0 Å². The first-order chi connectivity index (χ1) is 10.7. The molecule has 1 amide bonds. The Labute approximate surface area is 145 Å². The number of aromatic nitrogens is 1. The summed E-state index contributed by atoms with van der Waals surface area (Å²) in [5.74, 6) is -0.149. The van der Waals surface area contributed by atoms with Gasteiger partial charge in [-0.1, -0.05) is 12.1 Å². The number of amides is 1. The molecule has 0 saturated carbocycles. The molecule has 22 heavy (non-hydrogen) atoms. The van der Waals surface area contributed by atoms with Gasteiger partial charge in [0.25, 0.3) is 5.91 Å². The molecule has 1 aliphatic heterocycles. The highest BCUT2D eigenvalue weighted by Gasteiger charge is 2.17. The molecule has 116 valence electrons. The van der Waals surface area contributed by atoms with E-state index in [-0.39, 0.29) is 5.91 Å². The number of halogens is 1. The first-order valence-corrected chi connectivity index (χ1v) is 9.53. The lowest BCUT2D eigenvalue weighted by atomic mass is 10.2. The van der Waals surface area contributed by atoms with Crippen molar-refractivity contribution in [3.05, 3.63) is 39.7 Å². The van der Waals surface area contributed by atoms with E-state index in [0.717, 1.165) is 35.6 Å². The Balaban J connectivity index is 1.61. The van der Waals surface area contributed by atoms with Crippen molar-refractivity contribution < 1.29 is 9.53 Å². The molecule has 7 heteroatoms. The van der Waals surface area contributed by atoms with Crippen molar-refractivity contribution in [2.45, 2.75) is 23.1 Å². The number of anilines is 1. The summed E-state index contributed by atoms with van der Waals surface area (Å²) in [7, 11) is 0. The SMILES string of the molecule is O=C(Nc1nc(SC2CCOCC2)cs1)c1ccccc1Br. The van der Waals surface area contributed by atoms with Crippen molar-refractivity contribution in [1.29, 1.82) is 0 Å². The fourth-order valence-electron chi connectivity index (χ4n) is 2.14. The van der Waals surface area contributed by atoms with Crippen LogP contribution in [0.5, 0.6) is 0 Å². The van der Waals surface area contributed by atoms with Gasteiger partial charge in [-0.2, -0.15) is 0 Å². The van der Waals surface area contributed by atoms with Crippen LogP contribution in [0.15, 0.2) is 39.1 Å². The van der Waals surface area contributed by atoms with Crippen LogP contribution in [0.2, 0.25) is 0 Å². The number of hydrogen-bond acceptors (Lipinski definition) is 5. The van der Waals surface area contributed by atoms with Gasteiger partial charge in [0.1, 0.15) is 5.03 Å². The molecule has 4 nitrogen and oxygen atoms in total. The van der Waals surface area contributed by atoms with Crippen LogP contribution >= 0.6 is 39.0 Å². The maximum atomic E-state index is 12.2. The molecule has 0 spiro atoms. The minimum Gasteiger partial charge on any atom is -0.381 e. The van der Waals surface area contributed by atoms with E-state index in [2.05, 4.69) is 26.2 Å². The molecule has 1 N–H and O–H groups in total. The topological polar surface area (TPSA) is 51.2 Å². The van der Waals surface area contributed by atoms with E-state index in [1.165, 1.54) is 11.3 Å². The van der Waals surface area contributed by atoms with Gasteiger partial charge in [0.05, 0.1) is 5.56 Å². The average molecular weight is 399 g/mol. The maximum Gasteiger partial charge on any atom is 0.258 e. The van der Waals surface area contributed by atoms with Crippen molar-refractivity contribution in [3.8, 4) is 0 Å². The van der Waals surface area contributed by atoms with Crippen LogP contribution in [0.1, 0.15) is 23.2 Å². The van der Waals surface area contributed by atoms with Gasteiger partial charge in [-0.25, -0.2) is 4.98 Å². The van der Waals surface area contributed by atoms with Gasteiger partial charge < -0.3 is 4.74 Å². The molecule has 0 bridgehead atoms. The number of rotatable bonds is 4. The third-order valence-electron chi connectivity index (χ3n) is 3.28. The largest absolute Gasteiger partial charge is 0.381 e. The van der Waals surface area contributed by atoms with Crippen LogP contribution < -0.4 is 5.32 Å². The number of thioether (sulfide) groups is 1. The number of carbonyl (C=O) groups excluding carboxylic acids is 1. The van der Waals surface area contributed by atoms with E-state index in [1.807, 2.05) is 23.6 Å². The zero-order valence-electron chi connectivity index (χ0n) is 11.8. The molecule has 0 atom stereocenters. The second-order valence-electron chi connectivity index (χ2n) is 4.85. The normalized spacial score (nSPS) is 15.7. The molecule has 2 aromatic rings. The lowest BCUT2D eigenvalue weighted by molar-refractivity contribution is 0.1000. The summed E-state index contributed by atoms with van der Waals surface area (Å²) in [6, 6.07) is 7.36. The van der Waals surface area contributed by atoms with E-state index in [9.17, 15) is 4.79 Å². The molecule has 2 heterocycles. The van der Waals surface area contributed by atoms with Crippen LogP contribution in [0.4, 0.5) is 5.13 Å². The highest BCUT2D eigenvalue weighted by molar-refractivity contribution is 9.10. The lowest BCUT2D eigenvalue weighted by Gasteiger charge is -2.20. The summed E-state index contributed by atoms with van der Waals surface area (Å²) < 4.78 is 6.14. The van der Waals surface area contributed by atoms with Gasteiger partial charge >= 0.3 is 0 Å². The minimum absolute atomic E-state index is 0.149. The number of hydrogen-bond donors (Lipinski definition) is 1. The van der Waals surface area contributed by atoms with Crippen molar-refractivity contribution in [1.82, 2.24) is 4.98 Å². The molecular weight excluding hydrogens is 384 g/mol. The molecule has 1 saturated heterocycles. The molecule has 0 unspecified atom stereocenters. The van der Waals surface area contributed by atoms with Crippen LogP contribution in [-0.4, -0.2) is 29.4 Å². The average Bonchev–Trinajstić information content (AvgIpc) is 2.95. The van der Waals surface area contributed by atoms with E-state index >= 15 is 0 Å². The Kier molecular flexibility index (Phi) is 5.51. The molecule has 1 aromatic heterocycles. The Morgan fingerprint density at radius 3 is 2.91 bits per heavy atom. The van der Waals surface area contributed by atoms with Crippen molar-refractivity contribution in [2.75, 3.05) is 18.5 Å². The van der Waals surface area contributed by atoms with Gasteiger partial charge in [0.15, 0.2) is 5.13 Å². The minimum atomic E-state index is -0.149. The third-order valence-corrected chi connectivity index (χ3v) is 6.13. The molecule has 1 aliphatic rings. The maximum absolute atomic E-state index is 12.2. The molecule has 3 rings (SSSR count). The number of carbonyl (C=O) groups is 1. The lowest BCUT2D eigenvalue weighted by Crippen LogP contribution is -2.17. The first kappa shape index (κ1) is 16.0. The fraction of sp³-hybridized carbons (Fsp3) is 0.333. The van der Waals surface area contributed by atoms with E-state index in [0.29, 0.717) is 15.9 Å². The molecule has 0 aliphatic carbocycles. The number of nitrogens with one attached hydrogen (secondary N) is 1. The molecule has 1 fully saturated rings. The van der Waals surface area contributed by atoms with Gasteiger partial charge in [0, 0.05) is 28.3 Å². The zero-order chi connectivity index (χ0) is 15.4. The predicted molar refractivity (Wildman–Crippen MR) is 93.9 cm³/mol. The number of ether oxygens (including phenoxy) is 1. The standard InChI is InChI=1S/C15H15BrN2O2S2/c16-12-4-2-1-3-11(12)14(19)18-15-17-13(9-21-15)22-10-5-7-20-8-6-10/h1-4,9-10H,5-8H2,(H,17,18,19). The summed E-state index contributed by atoms with van der Waals surface area (Å²) >= 11 is 6.61. The second kappa shape index (κ2) is 7.59. The second-order valence-corrected chi connectivity index (χ2v) is 7.89. The number of nitrogens with zero attached hydrogens (tertiary/aromatic N) is 1. The van der Waals surface area contributed by atoms with Crippen molar-refractivity contribution in [3.63, 3.8) is 0 Å². The van der Waals surface area contributed by atoms with Gasteiger partial charge in [0.2, 0.25) is 0 Å². The van der Waals surface area contributed by atoms with Crippen molar-refractivity contribution >= 4 is 50.1 Å². The number of benzene rings is 1. The van der Waals surface area contributed by atoms with E-state index in [1.54, 1.807) is 17.8 Å². The molecule has 1 aromatic carbocycles. The summed E-state index contributed by atoms with van der Waals surface area (Å²) in [4.78, 5) is 16.7. The van der Waals surface area contributed by atoms with Crippen molar-refractivity contribution in [2.24, 2.45) is 0 Å². The van der Waals surface area contributed by atoms with Crippen LogP contribution in [-0.2, 0) is 4.74 Å². The number of thiazole rings is 1. The Hall–Kier alpha value is -0.890. The third kappa shape index (κ3) is 4.10. The van der Waals surface area contributed by atoms with Gasteiger partial charge in [-0.15, -0.1) is 23.1 Å². The summed E-state index contributed by atoms with van der Waals surface area (Å²) in [6.07, 6.45) is 2.11. The first-order valence-electron chi connectivity index (χ1n) is 6.98.